The first-order valence-electron chi connectivity index (χ1n) is 5.00. The van der Waals surface area contributed by atoms with Gasteiger partial charge in [0, 0.05) is 6.20 Å². The highest BCUT2D eigenvalue weighted by molar-refractivity contribution is 5.97. The summed E-state index contributed by atoms with van der Waals surface area (Å²) in [5, 5.41) is 2.63. The number of pyridine rings is 1. The third-order valence-corrected chi connectivity index (χ3v) is 1.92. The Bertz CT molecular complexity index is 434. The van der Waals surface area contributed by atoms with Gasteiger partial charge >= 0.3 is 5.97 Å². The minimum absolute atomic E-state index is 0.108. The molecule has 7 nitrogen and oxygen atoms in total. The van der Waals surface area contributed by atoms with Crippen molar-refractivity contribution in [3.8, 4) is 0 Å². The summed E-state index contributed by atoms with van der Waals surface area (Å²) in [5.74, 6) is -0.850. The Morgan fingerprint density at radius 1 is 1.53 bits per heavy atom. The highest BCUT2D eigenvalue weighted by atomic mass is 16.5. The maximum absolute atomic E-state index is 11.5. The molecule has 5 N–H and O–H groups in total. The number of ether oxygens (including phenoxy) is 1. The number of nitrogens with zero attached hydrogens (tertiary/aromatic N) is 1. The van der Waals surface area contributed by atoms with Crippen LogP contribution in [0.15, 0.2) is 12.3 Å². The zero-order valence-electron chi connectivity index (χ0n) is 9.40. The zero-order chi connectivity index (χ0) is 12.8. The van der Waals surface area contributed by atoms with Crippen LogP contribution in [0.3, 0.4) is 0 Å². The van der Waals surface area contributed by atoms with Crippen LogP contribution in [-0.4, -0.2) is 30.0 Å². The lowest BCUT2D eigenvalue weighted by Crippen LogP contribution is -2.23. The number of hydrogen-bond acceptors (Lipinski definition) is 6. The number of nitrogen functional groups attached to an aromatic ring is 1. The van der Waals surface area contributed by atoms with Gasteiger partial charge in [0.2, 0.25) is 5.91 Å². The number of carbonyl (C=O) groups is 2. The van der Waals surface area contributed by atoms with E-state index in [1.54, 1.807) is 6.92 Å². The van der Waals surface area contributed by atoms with E-state index in [2.05, 4.69) is 10.3 Å². The average Bonchev–Trinajstić information content (AvgIpc) is 2.27. The Morgan fingerprint density at radius 3 is 2.82 bits per heavy atom. The van der Waals surface area contributed by atoms with Crippen LogP contribution in [0.2, 0.25) is 0 Å². The standard InChI is InChI=1S/C10H14N4O3/c1-2-17-10(16)6-3-4-13-9(8(6)12)14-5-7(11)15/h3-4H,2,5,12H2,1H3,(H2,11,15)(H,13,14). The molecule has 17 heavy (non-hydrogen) atoms. The Labute approximate surface area is 98.1 Å². The number of primary amides is 1. The van der Waals surface area contributed by atoms with E-state index in [0.717, 1.165) is 0 Å². The fourth-order valence-corrected chi connectivity index (χ4v) is 1.17. The van der Waals surface area contributed by atoms with Crippen LogP contribution < -0.4 is 16.8 Å². The van der Waals surface area contributed by atoms with Gasteiger partial charge < -0.3 is 21.5 Å². The number of anilines is 2. The summed E-state index contributed by atoms with van der Waals surface area (Å²) in [5.41, 5.74) is 11.0. The second kappa shape index (κ2) is 5.69. The normalized spacial score (nSPS) is 9.71. The molecule has 0 saturated carbocycles. The van der Waals surface area contributed by atoms with E-state index in [-0.39, 0.29) is 30.2 Å². The first kappa shape index (κ1) is 12.8. The molecule has 0 bridgehead atoms. The summed E-state index contributed by atoms with van der Waals surface area (Å²) in [4.78, 5) is 26.0. The number of amides is 1. The van der Waals surface area contributed by atoms with Crippen molar-refractivity contribution in [2.45, 2.75) is 6.92 Å². The highest BCUT2D eigenvalue weighted by Crippen LogP contribution is 2.20. The van der Waals surface area contributed by atoms with Gasteiger partial charge in [-0.05, 0) is 13.0 Å². The van der Waals surface area contributed by atoms with E-state index in [9.17, 15) is 9.59 Å². The summed E-state index contributed by atoms with van der Waals surface area (Å²) in [6.45, 7) is 1.84. The van der Waals surface area contributed by atoms with Crippen LogP contribution in [0.1, 0.15) is 17.3 Å². The minimum Gasteiger partial charge on any atom is -0.462 e. The summed E-state index contributed by atoms with van der Waals surface area (Å²) in [6.07, 6.45) is 1.39. The molecule has 1 aromatic rings. The third-order valence-electron chi connectivity index (χ3n) is 1.92. The van der Waals surface area contributed by atoms with Crippen molar-refractivity contribution in [1.82, 2.24) is 4.98 Å². The van der Waals surface area contributed by atoms with Crippen LogP contribution in [0.25, 0.3) is 0 Å². The predicted molar refractivity (Wildman–Crippen MR) is 62.3 cm³/mol. The first-order valence-corrected chi connectivity index (χ1v) is 5.00. The molecule has 1 amide bonds. The summed E-state index contributed by atoms with van der Waals surface area (Å²) in [6, 6.07) is 1.45. The second-order valence-electron chi connectivity index (χ2n) is 3.16. The quantitative estimate of drug-likeness (QED) is 0.608. The molecule has 0 saturated heterocycles. The largest absolute Gasteiger partial charge is 0.462 e. The lowest BCUT2D eigenvalue weighted by atomic mass is 10.2. The van der Waals surface area contributed by atoms with Gasteiger partial charge in [-0.3, -0.25) is 4.79 Å². The molecule has 0 unspecified atom stereocenters. The summed E-state index contributed by atoms with van der Waals surface area (Å²) < 4.78 is 4.82. The van der Waals surface area contributed by atoms with E-state index < -0.39 is 11.9 Å². The summed E-state index contributed by atoms with van der Waals surface area (Å²) >= 11 is 0. The third kappa shape index (κ3) is 3.33. The van der Waals surface area contributed by atoms with Crippen molar-refractivity contribution in [1.29, 1.82) is 0 Å². The summed E-state index contributed by atoms with van der Waals surface area (Å²) in [7, 11) is 0. The molecule has 0 atom stereocenters. The van der Waals surface area contributed by atoms with Crippen LogP contribution >= 0.6 is 0 Å². The fraction of sp³-hybridized carbons (Fsp3) is 0.300. The van der Waals surface area contributed by atoms with E-state index in [0.29, 0.717) is 0 Å². The monoisotopic (exact) mass is 238 g/mol. The molecular formula is C10H14N4O3. The van der Waals surface area contributed by atoms with Gasteiger partial charge in [0.1, 0.15) is 5.82 Å². The maximum atomic E-state index is 11.5. The van der Waals surface area contributed by atoms with Crippen LogP contribution in [0.5, 0.6) is 0 Å². The van der Waals surface area contributed by atoms with Crippen LogP contribution in [-0.2, 0) is 9.53 Å². The number of rotatable bonds is 5. The molecule has 1 aromatic heterocycles. The van der Waals surface area contributed by atoms with E-state index in [1.165, 1.54) is 12.3 Å². The Morgan fingerprint density at radius 2 is 2.24 bits per heavy atom. The molecule has 0 aliphatic carbocycles. The van der Waals surface area contributed by atoms with Crippen LogP contribution in [0, 0.1) is 0 Å². The Kier molecular flexibility index (Phi) is 4.27. The van der Waals surface area contributed by atoms with Crippen LogP contribution in [0.4, 0.5) is 11.5 Å². The first-order chi connectivity index (χ1) is 8.06. The van der Waals surface area contributed by atoms with E-state index in [4.69, 9.17) is 16.2 Å². The predicted octanol–water partition coefficient (Wildman–Crippen LogP) is -0.262. The van der Waals surface area contributed by atoms with Crippen molar-refractivity contribution >= 4 is 23.4 Å². The molecular weight excluding hydrogens is 224 g/mol. The van der Waals surface area contributed by atoms with Gasteiger partial charge in [-0.15, -0.1) is 0 Å². The molecule has 0 radical (unpaired) electrons. The molecule has 0 aliphatic heterocycles. The van der Waals surface area contributed by atoms with Gasteiger partial charge in [-0.25, -0.2) is 9.78 Å². The van der Waals surface area contributed by atoms with Gasteiger partial charge in [0.15, 0.2) is 0 Å². The minimum atomic E-state index is -0.548. The fourth-order valence-electron chi connectivity index (χ4n) is 1.17. The van der Waals surface area contributed by atoms with Gasteiger partial charge in [-0.1, -0.05) is 0 Å². The smallest absolute Gasteiger partial charge is 0.340 e. The van der Waals surface area contributed by atoms with Crippen molar-refractivity contribution in [2.75, 3.05) is 24.2 Å². The lowest BCUT2D eigenvalue weighted by Gasteiger charge is -2.09. The maximum Gasteiger partial charge on any atom is 0.340 e. The van der Waals surface area contributed by atoms with E-state index >= 15 is 0 Å². The van der Waals surface area contributed by atoms with Crippen molar-refractivity contribution < 1.29 is 14.3 Å². The number of carbonyl (C=O) groups excluding carboxylic acids is 2. The average molecular weight is 238 g/mol. The molecule has 1 heterocycles. The molecule has 0 aromatic carbocycles. The van der Waals surface area contributed by atoms with Crippen molar-refractivity contribution in [3.63, 3.8) is 0 Å². The zero-order valence-corrected chi connectivity index (χ0v) is 9.40. The molecule has 0 spiro atoms. The van der Waals surface area contributed by atoms with E-state index in [1.807, 2.05) is 0 Å². The molecule has 1 rings (SSSR count). The number of nitrogens with one attached hydrogen (secondary N) is 1. The number of hydrogen-bond donors (Lipinski definition) is 3. The van der Waals surface area contributed by atoms with Gasteiger partial charge in [0.25, 0.3) is 0 Å². The second-order valence-corrected chi connectivity index (χ2v) is 3.16. The van der Waals surface area contributed by atoms with Crippen molar-refractivity contribution in [2.24, 2.45) is 5.73 Å². The number of aromatic nitrogens is 1. The number of nitrogens with two attached hydrogens (primary N) is 2. The Balaban J connectivity index is 2.90. The molecule has 92 valence electrons. The van der Waals surface area contributed by atoms with Gasteiger partial charge in [-0.2, -0.15) is 0 Å². The van der Waals surface area contributed by atoms with Gasteiger partial charge in [0.05, 0.1) is 24.4 Å². The Hall–Kier alpha value is -2.31. The SMILES string of the molecule is CCOC(=O)c1ccnc(NCC(N)=O)c1N. The molecule has 0 aliphatic rings. The highest BCUT2D eigenvalue weighted by Gasteiger charge is 2.14. The van der Waals surface area contributed by atoms with Crippen molar-refractivity contribution in [3.05, 3.63) is 17.8 Å². The lowest BCUT2D eigenvalue weighted by molar-refractivity contribution is -0.116. The number of esters is 1. The molecule has 7 heteroatoms. The topological polar surface area (TPSA) is 120 Å². The molecule has 0 fully saturated rings.